The number of hydrogen-bond donors (Lipinski definition) is 0. The van der Waals surface area contributed by atoms with Crippen LogP contribution in [-0.2, 0) is 5.41 Å². The van der Waals surface area contributed by atoms with Gasteiger partial charge in [0.25, 0.3) is 6.33 Å². The minimum absolute atomic E-state index is 0.00886. The molecule has 292 valence electrons. The van der Waals surface area contributed by atoms with Crippen molar-refractivity contribution in [3.8, 4) is 50.9 Å². The van der Waals surface area contributed by atoms with E-state index in [1.807, 2.05) is 21.4 Å². The molecule has 0 bridgehead atoms. The van der Waals surface area contributed by atoms with Gasteiger partial charge >= 0.3 is 0 Å². The van der Waals surface area contributed by atoms with Crippen LogP contribution in [0.15, 0.2) is 164 Å². The molecule has 0 saturated carbocycles. The van der Waals surface area contributed by atoms with Crippen LogP contribution in [-0.4, -0.2) is 14.1 Å². The lowest BCUT2D eigenvalue weighted by molar-refractivity contribution is -0.599. The summed E-state index contributed by atoms with van der Waals surface area (Å²) in [4.78, 5) is 4.87. The Bertz CT molecular complexity index is 2920. The quantitative estimate of drug-likeness (QED) is 0.108. The standard InChI is InChI=1S/C54H50N4O/c1-36(2)46-17-13-18-47(37(3)4)53(46)39-20-22-42(23-21-39)56-28-29-57(35-56)43-30-40(38-14-9-8-10-15-38)31-45(33-43)59-44-24-25-49-48-16-11-12-19-50(48)58(51(49)34-44)52-32-41(26-27-55-52)54(5,6)7/h8-34,36-37H,1-7H3. The second-order valence-electron chi connectivity index (χ2n) is 17.2. The molecule has 0 N–H and O–H groups in total. The Morgan fingerprint density at radius 2 is 1.32 bits per heavy atom. The zero-order valence-corrected chi connectivity index (χ0v) is 34.9. The second-order valence-corrected chi connectivity index (χ2v) is 17.2. The Labute approximate surface area is 347 Å². The number of aromatic nitrogens is 4. The SMILES string of the molecule is CC(C)c1cccc(C(C)C)c1-c1ccc(-[n+]2[c-]n(-c3cc(Oc4ccc5c6ccccc6n(-c6cc(C(C)(C)C)ccn6)c5c4)cc(-c4ccccc4)c3)cc2)cc1. The van der Waals surface area contributed by atoms with Crippen LogP contribution in [0, 0.1) is 6.33 Å². The highest BCUT2D eigenvalue weighted by Gasteiger charge is 2.19. The van der Waals surface area contributed by atoms with E-state index >= 15 is 0 Å². The summed E-state index contributed by atoms with van der Waals surface area (Å²) in [6.45, 7) is 15.8. The summed E-state index contributed by atoms with van der Waals surface area (Å²) in [5.41, 5.74) is 12.9. The maximum Gasteiger partial charge on any atom is 0.268 e. The van der Waals surface area contributed by atoms with Crippen LogP contribution in [0.1, 0.15) is 77.0 Å². The fourth-order valence-corrected chi connectivity index (χ4v) is 8.26. The average Bonchev–Trinajstić information content (AvgIpc) is 3.87. The van der Waals surface area contributed by atoms with Crippen molar-refractivity contribution < 1.29 is 9.30 Å². The molecular weight excluding hydrogens is 721 g/mol. The summed E-state index contributed by atoms with van der Waals surface area (Å²) >= 11 is 0. The number of rotatable bonds is 9. The molecule has 0 unspecified atom stereocenters. The van der Waals surface area contributed by atoms with E-state index in [-0.39, 0.29) is 5.41 Å². The minimum Gasteiger partial charge on any atom is -0.458 e. The van der Waals surface area contributed by atoms with Gasteiger partial charge in [0, 0.05) is 35.4 Å². The molecule has 9 rings (SSSR count). The van der Waals surface area contributed by atoms with Gasteiger partial charge < -0.3 is 4.74 Å². The summed E-state index contributed by atoms with van der Waals surface area (Å²) in [6, 6.07) is 51.7. The first-order valence-electron chi connectivity index (χ1n) is 20.7. The normalized spacial score (nSPS) is 11.9. The highest BCUT2D eigenvalue weighted by atomic mass is 16.5. The molecule has 9 aromatic rings. The van der Waals surface area contributed by atoms with Gasteiger partial charge in [0.05, 0.1) is 22.4 Å². The van der Waals surface area contributed by atoms with E-state index < -0.39 is 0 Å². The van der Waals surface area contributed by atoms with Crippen LogP contribution in [0.25, 0.3) is 61.3 Å². The van der Waals surface area contributed by atoms with Crippen molar-refractivity contribution in [2.45, 2.75) is 65.7 Å². The third kappa shape index (κ3) is 7.34. The summed E-state index contributed by atoms with van der Waals surface area (Å²) < 4.78 is 13.1. The largest absolute Gasteiger partial charge is 0.458 e. The third-order valence-electron chi connectivity index (χ3n) is 11.4. The number of pyridine rings is 1. The first-order chi connectivity index (χ1) is 28.5. The van der Waals surface area contributed by atoms with E-state index in [4.69, 9.17) is 9.72 Å². The van der Waals surface area contributed by atoms with Gasteiger partial charge in [0.1, 0.15) is 17.3 Å². The van der Waals surface area contributed by atoms with Gasteiger partial charge in [-0.1, -0.05) is 127 Å². The number of para-hydroxylation sites is 1. The summed E-state index contributed by atoms with van der Waals surface area (Å²) in [7, 11) is 0. The second kappa shape index (κ2) is 15.2. The first kappa shape index (κ1) is 37.8. The number of fused-ring (bicyclic) bond motifs is 3. The van der Waals surface area contributed by atoms with Gasteiger partial charge in [0.15, 0.2) is 0 Å². The van der Waals surface area contributed by atoms with Crippen molar-refractivity contribution in [3.63, 3.8) is 0 Å². The summed E-state index contributed by atoms with van der Waals surface area (Å²) in [6.07, 6.45) is 9.61. The monoisotopic (exact) mass is 770 g/mol. The predicted octanol–water partition coefficient (Wildman–Crippen LogP) is 13.7. The zero-order chi connectivity index (χ0) is 40.8. The van der Waals surface area contributed by atoms with Crippen molar-refractivity contribution in [3.05, 3.63) is 187 Å². The molecule has 5 heteroatoms. The molecule has 3 aromatic heterocycles. The molecule has 0 atom stereocenters. The van der Waals surface area contributed by atoms with Crippen LogP contribution >= 0.6 is 0 Å². The van der Waals surface area contributed by atoms with Gasteiger partial charge in [-0.2, -0.15) is 0 Å². The van der Waals surface area contributed by atoms with Gasteiger partial charge in [0.2, 0.25) is 0 Å². The lowest BCUT2D eigenvalue weighted by Crippen LogP contribution is -2.28. The summed E-state index contributed by atoms with van der Waals surface area (Å²) in [5.74, 6) is 3.24. The van der Waals surface area contributed by atoms with Crippen molar-refractivity contribution in [1.29, 1.82) is 0 Å². The van der Waals surface area contributed by atoms with Gasteiger partial charge in [-0.25, -0.2) is 4.98 Å². The molecule has 0 aliphatic rings. The van der Waals surface area contributed by atoms with E-state index in [1.165, 1.54) is 33.2 Å². The van der Waals surface area contributed by atoms with E-state index in [0.717, 1.165) is 56.2 Å². The fraction of sp³-hybridized carbons (Fsp3) is 0.185. The van der Waals surface area contributed by atoms with E-state index in [1.54, 1.807) is 0 Å². The van der Waals surface area contributed by atoms with Crippen LogP contribution in [0.4, 0.5) is 0 Å². The van der Waals surface area contributed by atoms with Crippen molar-refractivity contribution in [2.24, 2.45) is 0 Å². The molecule has 59 heavy (non-hydrogen) atoms. The molecule has 5 nitrogen and oxygen atoms in total. The smallest absolute Gasteiger partial charge is 0.268 e. The molecule has 0 aliphatic heterocycles. The van der Waals surface area contributed by atoms with Gasteiger partial charge in [-0.05, 0) is 117 Å². The maximum atomic E-state index is 6.81. The van der Waals surface area contributed by atoms with Crippen LogP contribution in [0.2, 0.25) is 0 Å². The Hall–Kier alpha value is -6.72. The third-order valence-corrected chi connectivity index (χ3v) is 11.4. The molecular formula is C54H50N4O. The molecule has 0 saturated heterocycles. The predicted molar refractivity (Wildman–Crippen MR) is 243 cm³/mol. The lowest BCUT2D eigenvalue weighted by atomic mass is 9.85. The van der Waals surface area contributed by atoms with Crippen LogP contribution < -0.4 is 9.30 Å². The average molecular weight is 771 g/mol. The number of imidazole rings is 1. The topological polar surface area (TPSA) is 35.9 Å². The summed E-state index contributed by atoms with van der Waals surface area (Å²) in [5, 5.41) is 2.33. The van der Waals surface area contributed by atoms with E-state index in [9.17, 15) is 0 Å². The van der Waals surface area contributed by atoms with Crippen molar-refractivity contribution in [1.82, 2.24) is 14.1 Å². The van der Waals surface area contributed by atoms with Crippen molar-refractivity contribution in [2.75, 3.05) is 0 Å². The molecule has 0 fully saturated rings. The Balaban J connectivity index is 1.09. The van der Waals surface area contributed by atoms with Crippen molar-refractivity contribution >= 4 is 21.8 Å². The first-order valence-corrected chi connectivity index (χ1v) is 20.7. The van der Waals surface area contributed by atoms with E-state index in [0.29, 0.717) is 11.8 Å². The van der Waals surface area contributed by atoms with Gasteiger partial charge in [-0.3, -0.25) is 13.7 Å². The highest BCUT2D eigenvalue weighted by Crippen LogP contribution is 2.38. The van der Waals surface area contributed by atoms with Gasteiger partial charge in [-0.15, -0.1) is 0 Å². The van der Waals surface area contributed by atoms with Crippen LogP contribution in [0.5, 0.6) is 11.5 Å². The molecule has 3 heterocycles. The molecule has 0 aliphatic carbocycles. The molecule has 0 radical (unpaired) electrons. The number of hydrogen-bond acceptors (Lipinski definition) is 2. The Morgan fingerprint density at radius 1 is 0.610 bits per heavy atom. The Morgan fingerprint density at radius 3 is 2.05 bits per heavy atom. The fourth-order valence-electron chi connectivity index (χ4n) is 8.26. The molecule has 0 spiro atoms. The lowest BCUT2D eigenvalue weighted by Gasteiger charge is -2.20. The highest BCUT2D eigenvalue weighted by molar-refractivity contribution is 6.09. The molecule has 6 aromatic carbocycles. The zero-order valence-electron chi connectivity index (χ0n) is 34.9. The minimum atomic E-state index is -0.00886. The van der Waals surface area contributed by atoms with Crippen LogP contribution in [0.3, 0.4) is 0 Å². The number of benzene rings is 6. The molecule has 0 amide bonds. The number of nitrogens with zero attached hydrogens (tertiary/aromatic N) is 4. The Kier molecular flexibility index (Phi) is 9.76. The van der Waals surface area contributed by atoms with E-state index in [2.05, 4.69) is 211 Å². The number of ether oxygens (including phenoxy) is 1. The maximum absolute atomic E-state index is 6.81.